The maximum absolute atomic E-state index is 13.5. The number of ether oxygens (including phenoxy) is 1. The fraction of sp³-hybridized carbons (Fsp3) is 0.333. The van der Waals surface area contributed by atoms with Crippen molar-refractivity contribution in [1.29, 1.82) is 0 Å². The zero-order chi connectivity index (χ0) is 24.3. The first-order chi connectivity index (χ1) is 16.5. The van der Waals surface area contributed by atoms with Crippen molar-refractivity contribution in [2.75, 3.05) is 25.0 Å². The van der Waals surface area contributed by atoms with E-state index in [9.17, 15) is 9.59 Å². The Hall–Kier alpha value is -3.74. The molecule has 0 aliphatic heterocycles. The summed E-state index contributed by atoms with van der Waals surface area (Å²) in [5.74, 6) is 0.502. The number of carbonyl (C=O) groups excluding carboxylic acids is 2. The molecule has 0 fully saturated rings. The van der Waals surface area contributed by atoms with Crippen LogP contribution in [0.2, 0.25) is 0 Å². The molecule has 180 valence electrons. The normalized spacial score (nSPS) is 10.6. The van der Waals surface area contributed by atoms with Gasteiger partial charge in [0.2, 0.25) is 5.91 Å². The molecule has 0 saturated heterocycles. The number of aromatic nitrogens is 1. The second-order valence-corrected chi connectivity index (χ2v) is 8.13. The average Bonchev–Trinajstić information content (AvgIpc) is 3.24. The van der Waals surface area contributed by atoms with Gasteiger partial charge in [-0.3, -0.25) is 4.79 Å². The second kappa shape index (κ2) is 12.5. The van der Waals surface area contributed by atoms with Crippen LogP contribution in [0.25, 0.3) is 0 Å². The average molecular weight is 463 g/mol. The van der Waals surface area contributed by atoms with Crippen LogP contribution >= 0.6 is 0 Å². The molecule has 0 unspecified atom stereocenters. The number of urea groups is 1. The van der Waals surface area contributed by atoms with Crippen molar-refractivity contribution in [3.63, 3.8) is 0 Å². The molecule has 3 rings (SSSR count). The molecule has 2 aromatic carbocycles. The van der Waals surface area contributed by atoms with Crippen molar-refractivity contribution >= 4 is 17.6 Å². The van der Waals surface area contributed by atoms with E-state index >= 15 is 0 Å². The largest absolute Gasteiger partial charge is 0.492 e. The third-order valence-electron chi connectivity index (χ3n) is 5.51. The van der Waals surface area contributed by atoms with E-state index in [1.54, 1.807) is 15.9 Å². The lowest BCUT2D eigenvalue weighted by Gasteiger charge is -2.28. The highest BCUT2D eigenvalue weighted by Crippen LogP contribution is 2.24. The molecule has 0 saturated carbocycles. The Morgan fingerprint density at radius 3 is 2.32 bits per heavy atom. The smallest absolute Gasteiger partial charge is 0.322 e. The van der Waals surface area contributed by atoms with Gasteiger partial charge in [-0.1, -0.05) is 49.4 Å². The Morgan fingerprint density at radius 2 is 1.65 bits per heavy atom. The van der Waals surface area contributed by atoms with Crippen LogP contribution < -0.4 is 10.1 Å². The number of aryl methyl sites for hydroxylation is 1. The van der Waals surface area contributed by atoms with E-state index in [-0.39, 0.29) is 18.5 Å². The van der Waals surface area contributed by atoms with Crippen molar-refractivity contribution < 1.29 is 14.3 Å². The molecule has 0 aliphatic carbocycles. The quantitative estimate of drug-likeness (QED) is 0.441. The van der Waals surface area contributed by atoms with Crippen LogP contribution in [0.15, 0.2) is 72.9 Å². The summed E-state index contributed by atoms with van der Waals surface area (Å²) in [5, 5.41) is 2.92. The fourth-order valence-electron chi connectivity index (χ4n) is 3.72. The van der Waals surface area contributed by atoms with Crippen LogP contribution in [0.5, 0.6) is 5.75 Å². The van der Waals surface area contributed by atoms with Crippen molar-refractivity contribution in [1.82, 2.24) is 14.4 Å². The first kappa shape index (κ1) is 24.9. The summed E-state index contributed by atoms with van der Waals surface area (Å²) in [6.45, 7) is 5.79. The number of hydrogen-bond acceptors (Lipinski definition) is 3. The minimum Gasteiger partial charge on any atom is -0.492 e. The third kappa shape index (κ3) is 6.88. The van der Waals surface area contributed by atoms with Gasteiger partial charge in [0, 0.05) is 32.0 Å². The van der Waals surface area contributed by atoms with Gasteiger partial charge < -0.3 is 24.4 Å². The van der Waals surface area contributed by atoms with Crippen molar-refractivity contribution in [2.24, 2.45) is 7.05 Å². The number of anilines is 1. The minimum atomic E-state index is -0.319. The molecule has 0 atom stereocenters. The lowest BCUT2D eigenvalue weighted by molar-refractivity contribution is -0.133. The van der Waals surface area contributed by atoms with Crippen molar-refractivity contribution in [2.45, 2.75) is 33.4 Å². The number of amides is 3. The molecular weight excluding hydrogens is 428 g/mol. The van der Waals surface area contributed by atoms with Gasteiger partial charge in [0.15, 0.2) is 0 Å². The molecule has 0 radical (unpaired) electrons. The van der Waals surface area contributed by atoms with Crippen LogP contribution in [0.3, 0.4) is 0 Å². The van der Waals surface area contributed by atoms with Gasteiger partial charge in [-0.25, -0.2) is 4.79 Å². The molecular formula is C27H34N4O3. The zero-order valence-corrected chi connectivity index (χ0v) is 20.2. The maximum atomic E-state index is 13.5. The van der Waals surface area contributed by atoms with E-state index < -0.39 is 0 Å². The SMILES string of the molecule is CCCN(CC(=O)N(Cc1ccccc1)Cc1cccn1C)C(=O)Nc1ccccc1OCC. The van der Waals surface area contributed by atoms with Crippen LogP contribution in [0.4, 0.5) is 10.5 Å². The Labute approximate surface area is 201 Å². The first-order valence-corrected chi connectivity index (χ1v) is 11.7. The Morgan fingerprint density at radius 1 is 0.912 bits per heavy atom. The molecule has 0 bridgehead atoms. The molecule has 7 nitrogen and oxygen atoms in total. The van der Waals surface area contributed by atoms with Gasteiger partial charge in [0.05, 0.1) is 18.8 Å². The standard InChI is InChI=1S/C27H34N4O3/c1-4-17-30(27(33)28-24-15-9-10-16-25(24)34-5-2)21-26(32)31(19-22-12-7-6-8-13-22)20-23-14-11-18-29(23)3/h6-16,18H,4-5,17,19-21H2,1-3H3,(H,28,33). The van der Waals surface area contributed by atoms with Crippen LogP contribution in [0, 0.1) is 0 Å². The molecule has 3 amide bonds. The van der Waals surface area contributed by atoms with Crippen molar-refractivity contribution in [3.8, 4) is 5.75 Å². The summed E-state index contributed by atoms with van der Waals surface area (Å²) >= 11 is 0. The molecule has 1 aromatic heterocycles. The number of nitrogens with one attached hydrogen (secondary N) is 1. The predicted molar refractivity (Wildman–Crippen MR) is 135 cm³/mol. The number of para-hydroxylation sites is 2. The predicted octanol–water partition coefficient (Wildman–Crippen LogP) is 4.90. The molecule has 34 heavy (non-hydrogen) atoms. The van der Waals surface area contributed by atoms with E-state index in [0.29, 0.717) is 37.7 Å². The van der Waals surface area contributed by atoms with E-state index in [1.807, 2.05) is 92.3 Å². The topological polar surface area (TPSA) is 66.8 Å². The summed E-state index contributed by atoms with van der Waals surface area (Å²) in [6, 6.07) is 20.9. The number of rotatable bonds is 11. The zero-order valence-electron chi connectivity index (χ0n) is 20.2. The van der Waals surface area contributed by atoms with Gasteiger partial charge in [-0.2, -0.15) is 0 Å². The molecule has 0 aliphatic rings. The molecule has 7 heteroatoms. The van der Waals surface area contributed by atoms with Crippen LogP contribution in [-0.4, -0.2) is 46.0 Å². The summed E-state index contributed by atoms with van der Waals surface area (Å²) in [7, 11) is 1.97. The molecule has 0 spiro atoms. The fourth-order valence-corrected chi connectivity index (χ4v) is 3.72. The van der Waals surface area contributed by atoms with E-state index in [0.717, 1.165) is 17.7 Å². The third-order valence-corrected chi connectivity index (χ3v) is 5.51. The molecule has 1 heterocycles. The number of nitrogens with zero attached hydrogens (tertiary/aromatic N) is 3. The summed E-state index contributed by atoms with van der Waals surface area (Å²) in [5.41, 5.74) is 2.66. The van der Waals surface area contributed by atoms with Crippen molar-refractivity contribution in [3.05, 3.63) is 84.2 Å². The van der Waals surface area contributed by atoms with E-state index in [1.165, 1.54) is 0 Å². The molecule has 3 aromatic rings. The Balaban J connectivity index is 1.76. The summed E-state index contributed by atoms with van der Waals surface area (Å²) in [6.07, 6.45) is 2.71. The monoisotopic (exact) mass is 462 g/mol. The second-order valence-electron chi connectivity index (χ2n) is 8.13. The van der Waals surface area contributed by atoms with Gasteiger partial charge in [0.1, 0.15) is 12.3 Å². The van der Waals surface area contributed by atoms with Crippen LogP contribution in [-0.2, 0) is 24.9 Å². The lowest BCUT2D eigenvalue weighted by atomic mass is 10.2. The van der Waals surface area contributed by atoms with E-state index in [2.05, 4.69) is 5.32 Å². The van der Waals surface area contributed by atoms with Gasteiger partial charge in [-0.05, 0) is 43.2 Å². The molecule has 1 N–H and O–H groups in total. The first-order valence-electron chi connectivity index (χ1n) is 11.7. The highest BCUT2D eigenvalue weighted by atomic mass is 16.5. The van der Waals surface area contributed by atoms with Gasteiger partial charge >= 0.3 is 6.03 Å². The Kier molecular flexibility index (Phi) is 9.14. The Bertz CT molecular complexity index is 1060. The number of carbonyl (C=O) groups is 2. The lowest BCUT2D eigenvalue weighted by Crippen LogP contribution is -2.44. The summed E-state index contributed by atoms with van der Waals surface area (Å²) in [4.78, 5) is 30.0. The minimum absolute atomic E-state index is 0.00622. The number of hydrogen-bond donors (Lipinski definition) is 1. The maximum Gasteiger partial charge on any atom is 0.322 e. The highest BCUT2D eigenvalue weighted by molar-refractivity contribution is 5.93. The highest BCUT2D eigenvalue weighted by Gasteiger charge is 2.22. The van der Waals surface area contributed by atoms with Gasteiger partial charge in [-0.15, -0.1) is 0 Å². The van der Waals surface area contributed by atoms with E-state index in [4.69, 9.17) is 4.74 Å². The van der Waals surface area contributed by atoms with Crippen LogP contribution in [0.1, 0.15) is 31.5 Å². The summed E-state index contributed by atoms with van der Waals surface area (Å²) < 4.78 is 7.63. The number of benzene rings is 2. The van der Waals surface area contributed by atoms with Gasteiger partial charge in [0.25, 0.3) is 0 Å².